The van der Waals surface area contributed by atoms with E-state index < -0.39 is 0 Å². The van der Waals surface area contributed by atoms with E-state index in [1.165, 1.54) is 24.0 Å². The van der Waals surface area contributed by atoms with E-state index in [1.54, 1.807) is 0 Å². The molecular weight excluding hydrogens is 146 g/mol. The van der Waals surface area contributed by atoms with Crippen molar-refractivity contribution in [1.29, 1.82) is 0 Å². The van der Waals surface area contributed by atoms with Gasteiger partial charge in [-0.2, -0.15) is 0 Å². The highest BCUT2D eigenvalue weighted by Gasteiger charge is 1.93. The van der Waals surface area contributed by atoms with E-state index in [9.17, 15) is 0 Å². The number of rotatable bonds is 4. The SMILES string of the molecule is CCCc1cccc(CNC)c1. The van der Waals surface area contributed by atoms with Crippen molar-refractivity contribution in [2.75, 3.05) is 7.05 Å². The fourth-order valence-electron chi connectivity index (χ4n) is 1.39. The van der Waals surface area contributed by atoms with Crippen LogP contribution >= 0.6 is 0 Å². The van der Waals surface area contributed by atoms with Crippen LogP contribution in [-0.4, -0.2) is 7.05 Å². The highest BCUT2D eigenvalue weighted by molar-refractivity contribution is 5.23. The van der Waals surface area contributed by atoms with Crippen LogP contribution in [0.15, 0.2) is 24.3 Å². The molecule has 66 valence electrons. The van der Waals surface area contributed by atoms with Gasteiger partial charge in [-0.1, -0.05) is 37.6 Å². The van der Waals surface area contributed by atoms with Crippen molar-refractivity contribution in [2.24, 2.45) is 0 Å². The van der Waals surface area contributed by atoms with Crippen molar-refractivity contribution >= 4 is 0 Å². The molecule has 0 atom stereocenters. The zero-order valence-electron chi connectivity index (χ0n) is 7.93. The minimum atomic E-state index is 0.970. The molecule has 1 aromatic rings. The summed E-state index contributed by atoms with van der Waals surface area (Å²) in [4.78, 5) is 0. The Morgan fingerprint density at radius 2 is 2.00 bits per heavy atom. The first-order valence-corrected chi connectivity index (χ1v) is 4.59. The first kappa shape index (κ1) is 9.27. The first-order chi connectivity index (χ1) is 5.86. The quantitative estimate of drug-likeness (QED) is 0.718. The minimum absolute atomic E-state index is 0.970. The Kier molecular flexibility index (Phi) is 3.81. The topological polar surface area (TPSA) is 12.0 Å². The molecule has 0 saturated carbocycles. The van der Waals surface area contributed by atoms with E-state index in [4.69, 9.17) is 0 Å². The van der Waals surface area contributed by atoms with Gasteiger partial charge >= 0.3 is 0 Å². The van der Waals surface area contributed by atoms with Crippen molar-refractivity contribution in [3.63, 3.8) is 0 Å². The molecule has 0 aromatic heterocycles. The third-order valence-electron chi connectivity index (χ3n) is 1.91. The van der Waals surface area contributed by atoms with E-state index in [0.29, 0.717) is 0 Å². The lowest BCUT2D eigenvalue weighted by Gasteiger charge is -2.02. The monoisotopic (exact) mass is 163 g/mol. The van der Waals surface area contributed by atoms with Gasteiger partial charge in [-0.25, -0.2) is 0 Å². The molecule has 0 fully saturated rings. The van der Waals surface area contributed by atoms with Crippen molar-refractivity contribution in [3.8, 4) is 0 Å². The minimum Gasteiger partial charge on any atom is -0.316 e. The summed E-state index contributed by atoms with van der Waals surface area (Å²) in [6.45, 7) is 3.18. The van der Waals surface area contributed by atoms with Crippen LogP contribution in [0.3, 0.4) is 0 Å². The highest BCUT2D eigenvalue weighted by atomic mass is 14.8. The Morgan fingerprint density at radius 3 is 2.67 bits per heavy atom. The van der Waals surface area contributed by atoms with Gasteiger partial charge in [0.2, 0.25) is 0 Å². The first-order valence-electron chi connectivity index (χ1n) is 4.59. The van der Waals surface area contributed by atoms with Crippen LogP contribution in [0.1, 0.15) is 24.5 Å². The molecule has 0 aliphatic carbocycles. The Bertz CT molecular complexity index is 209. The van der Waals surface area contributed by atoms with Crippen LogP contribution in [-0.2, 0) is 13.0 Å². The molecule has 0 radical (unpaired) electrons. The fourth-order valence-corrected chi connectivity index (χ4v) is 1.39. The zero-order chi connectivity index (χ0) is 8.81. The summed E-state index contributed by atoms with van der Waals surface area (Å²) in [5.41, 5.74) is 2.83. The van der Waals surface area contributed by atoms with Gasteiger partial charge in [0.05, 0.1) is 0 Å². The van der Waals surface area contributed by atoms with Gasteiger partial charge in [0.1, 0.15) is 0 Å². The third-order valence-corrected chi connectivity index (χ3v) is 1.91. The average molecular weight is 163 g/mol. The lowest BCUT2D eigenvalue weighted by Crippen LogP contribution is -2.05. The maximum absolute atomic E-state index is 3.15. The standard InChI is InChI=1S/C11H17N/c1-3-5-10-6-4-7-11(8-10)9-12-2/h4,6-8,12H,3,5,9H2,1-2H3. The van der Waals surface area contributed by atoms with Gasteiger partial charge in [0.15, 0.2) is 0 Å². The molecule has 0 spiro atoms. The molecule has 12 heavy (non-hydrogen) atoms. The molecule has 0 aliphatic heterocycles. The number of hydrogen-bond donors (Lipinski definition) is 1. The molecular formula is C11H17N. The number of nitrogens with one attached hydrogen (secondary N) is 1. The molecule has 1 rings (SSSR count). The summed E-state index contributed by atoms with van der Waals surface area (Å²) in [6, 6.07) is 8.77. The predicted octanol–water partition coefficient (Wildman–Crippen LogP) is 2.36. The van der Waals surface area contributed by atoms with Crippen LogP contribution < -0.4 is 5.32 Å². The van der Waals surface area contributed by atoms with Gasteiger partial charge < -0.3 is 5.32 Å². The zero-order valence-corrected chi connectivity index (χ0v) is 7.93. The van der Waals surface area contributed by atoms with Crippen LogP contribution in [0.4, 0.5) is 0 Å². The molecule has 1 aromatic carbocycles. The molecule has 0 heterocycles. The summed E-state index contributed by atoms with van der Waals surface area (Å²) in [6.07, 6.45) is 2.42. The number of benzene rings is 1. The van der Waals surface area contributed by atoms with E-state index in [1.807, 2.05) is 7.05 Å². The normalized spacial score (nSPS) is 10.2. The fraction of sp³-hybridized carbons (Fsp3) is 0.455. The van der Waals surface area contributed by atoms with Gasteiger partial charge in [-0.05, 0) is 24.6 Å². The van der Waals surface area contributed by atoms with Crippen LogP contribution in [0, 0.1) is 0 Å². The molecule has 1 heteroatoms. The lowest BCUT2D eigenvalue weighted by molar-refractivity contribution is 0.813. The van der Waals surface area contributed by atoms with E-state index >= 15 is 0 Å². The maximum atomic E-state index is 3.15. The smallest absolute Gasteiger partial charge is 0.0202 e. The van der Waals surface area contributed by atoms with Gasteiger partial charge in [-0.3, -0.25) is 0 Å². The van der Waals surface area contributed by atoms with Gasteiger partial charge in [-0.15, -0.1) is 0 Å². The second kappa shape index (κ2) is 4.94. The summed E-state index contributed by atoms with van der Waals surface area (Å²) in [5.74, 6) is 0. The summed E-state index contributed by atoms with van der Waals surface area (Å²) in [5, 5.41) is 3.15. The molecule has 1 N–H and O–H groups in total. The molecule has 0 saturated heterocycles. The van der Waals surface area contributed by atoms with Crippen molar-refractivity contribution in [1.82, 2.24) is 5.32 Å². The highest BCUT2D eigenvalue weighted by Crippen LogP contribution is 2.06. The van der Waals surface area contributed by atoms with Crippen LogP contribution in [0.5, 0.6) is 0 Å². The number of hydrogen-bond acceptors (Lipinski definition) is 1. The number of aryl methyl sites for hydroxylation is 1. The Balaban J connectivity index is 2.67. The third kappa shape index (κ3) is 2.67. The van der Waals surface area contributed by atoms with Crippen molar-refractivity contribution in [2.45, 2.75) is 26.3 Å². The second-order valence-electron chi connectivity index (χ2n) is 3.10. The Hall–Kier alpha value is -0.820. The molecule has 0 amide bonds. The van der Waals surface area contributed by atoms with Gasteiger partial charge in [0, 0.05) is 6.54 Å². The van der Waals surface area contributed by atoms with Crippen molar-refractivity contribution < 1.29 is 0 Å². The predicted molar refractivity (Wildman–Crippen MR) is 53.2 cm³/mol. The largest absolute Gasteiger partial charge is 0.316 e. The summed E-state index contributed by atoms with van der Waals surface area (Å²) >= 11 is 0. The van der Waals surface area contributed by atoms with E-state index in [0.717, 1.165) is 6.54 Å². The summed E-state index contributed by atoms with van der Waals surface area (Å²) < 4.78 is 0. The van der Waals surface area contributed by atoms with E-state index in [-0.39, 0.29) is 0 Å². The molecule has 1 nitrogen and oxygen atoms in total. The Morgan fingerprint density at radius 1 is 1.25 bits per heavy atom. The van der Waals surface area contributed by atoms with Crippen LogP contribution in [0.2, 0.25) is 0 Å². The molecule has 0 unspecified atom stereocenters. The molecule has 0 aliphatic rings. The average Bonchev–Trinajstić information content (AvgIpc) is 2.06. The maximum Gasteiger partial charge on any atom is 0.0202 e. The Labute approximate surface area is 74.8 Å². The molecule has 0 bridgehead atoms. The van der Waals surface area contributed by atoms with Crippen molar-refractivity contribution in [3.05, 3.63) is 35.4 Å². The lowest BCUT2D eigenvalue weighted by atomic mass is 10.1. The van der Waals surface area contributed by atoms with E-state index in [2.05, 4.69) is 36.5 Å². The summed E-state index contributed by atoms with van der Waals surface area (Å²) in [7, 11) is 1.98. The second-order valence-corrected chi connectivity index (χ2v) is 3.10. The van der Waals surface area contributed by atoms with Gasteiger partial charge in [0.25, 0.3) is 0 Å². The van der Waals surface area contributed by atoms with Crippen LogP contribution in [0.25, 0.3) is 0 Å².